The number of fused-ring (bicyclic) bond motifs is 1. The minimum absolute atomic E-state index is 0.225. The van der Waals surface area contributed by atoms with E-state index in [0.29, 0.717) is 20.6 Å². The SMILES string of the molecule is CC(=O)OCc1ccc(-c2cncc3cc(C=C4SC(=S)NC4=O)oc23)cc1. The Morgan fingerprint density at radius 3 is 2.79 bits per heavy atom. The molecule has 0 unspecified atom stereocenters. The quantitative estimate of drug-likeness (QED) is 0.395. The van der Waals surface area contributed by atoms with Gasteiger partial charge < -0.3 is 14.5 Å². The van der Waals surface area contributed by atoms with E-state index in [1.54, 1.807) is 18.5 Å². The van der Waals surface area contributed by atoms with Crippen LogP contribution in [0.2, 0.25) is 0 Å². The maximum Gasteiger partial charge on any atom is 0.302 e. The third-order valence-corrected chi connectivity index (χ3v) is 5.23. The van der Waals surface area contributed by atoms with Crippen LogP contribution in [0.1, 0.15) is 18.2 Å². The number of carbonyl (C=O) groups excluding carboxylic acids is 2. The molecule has 1 amide bonds. The van der Waals surface area contributed by atoms with Gasteiger partial charge in [0.1, 0.15) is 22.3 Å². The van der Waals surface area contributed by atoms with Gasteiger partial charge in [-0.1, -0.05) is 48.2 Å². The zero-order valence-electron chi connectivity index (χ0n) is 14.7. The smallest absolute Gasteiger partial charge is 0.302 e. The molecule has 1 aromatic carbocycles. The van der Waals surface area contributed by atoms with Crippen LogP contribution in [0.4, 0.5) is 0 Å². The van der Waals surface area contributed by atoms with Crippen molar-refractivity contribution < 1.29 is 18.7 Å². The summed E-state index contributed by atoms with van der Waals surface area (Å²) in [5.41, 5.74) is 3.33. The number of hydrogen-bond donors (Lipinski definition) is 1. The Balaban J connectivity index is 1.66. The van der Waals surface area contributed by atoms with Crippen LogP contribution >= 0.6 is 24.0 Å². The number of thiocarbonyl (C=S) groups is 1. The summed E-state index contributed by atoms with van der Waals surface area (Å²) in [7, 11) is 0. The molecule has 1 aliphatic rings. The summed E-state index contributed by atoms with van der Waals surface area (Å²) in [5, 5.41) is 3.42. The van der Waals surface area contributed by atoms with Gasteiger partial charge in [0.05, 0.1) is 4.91 Å². The number of esters is 1. The molecule has 1 N–H and O–H groups in total. The number of rotatable bonds is 4. The van der Waals surface area contributed by atoms with Gasteiger partial charge in [-0.15, -0.1) is 0 Å². The molecule has 1 aliphatic heterocycles. The molecule has 8 heteroatoms. The Morgan fingerprint density at radius 2 is 2.11 bits per heavy atom. The molecule has 0 radical (unpaired) electrons. The number of furan rings is 1. The second-order valence-electron chi connectivity index (χ2n) is 6.08. The van der Waals surface area contributed by atoms with Crippen molar-refractivity contribution in [3.05, 3.63) is 59.0 Å². The standard InChI is InChI=1S/C20H14N2O4S2/c1-11(23)25-10-12-2-4-13(5-3-12)16-9-21-8-14-6-15(26-18(14)16)7-17-19(24)22-20(27)28-17/h2-9H,10H2,1H3,(H,22,24,27). The van der Waals surface area contributed by atoms with Gasteiger partial charge in [-0.05, 0) is 17.2 Å². The lowest BCUT2D eigenvalue weighted by Crippen LogP contribution is -2.17. The van der Waals surface area contributed by atoms with Gasteiger partial charge in [-0.3, -0.25) is 14.6 Å². The van der Waals surface area contributed by atoms with Crippen LogP contribution in [-0.4, -0.2) is 21.2 Å². The molecular formula is C20H14N2O4S2. The largest absolute Gasteiger partial charge is 0.461 e. The summed E-state index contributed by atoms with van der Waals surface area (Å²) >= 11 is 6.21. The van der Waals surface area contributed by atoms with E-state index in [0.717, 1.165) is 22.1 Å². The van der Waals surface area contributed by atoms with Crippen molar-refractivity contribution in [1.29, 1.82) is 0 Å². The van der Waals surface area contributed by atoms with Crippen molar-refractivity contribution in [2.24, 2.45) is 0 Å². The first-order valence-electron chi connectivity index (χ1n) is 8.35. The number of pyridine rings is 1. The maximum atomic E-state index is 11.8. The zero-order chi connectivity index (χ0) is 19.7. The van der Waals surface area contributed by atoms with Crippen LogP contribution in [0.5, 0.6) is 0 Å². The first-order valence-corrected chi connectivity index (χ1v) is 9.57. The highest BCUT2D eigenvalue weighted by atomic mass is 32.2. The van der Waals surface area contributed by atoms with E-state index < -0.39 is 0 Å². The Morgan fingerprint density at radius 1 is 1.32 bits per heavy atom. The van der Waals surface area contributed by atoms with Crippen LogP contribution in [0, 0.1) is 0 Å². The Hall–Kier alpha value is -2.97. The van der Waals surface area contributed by atoms with Gasteiger partial charge in [0, 0.05) is 36.3 Å². The zero-order valence-corrected chi connectivity index (χ0v) is 16.4. The molecular weight excluding hydrogens is 396 g/mol. The molecule has 6 nitrogen and oxygen atoms in total. The van der Waals surface area contributed by atoms with E-state index in [2.05, 4.69) is 10.3 Å². The lowest BCUT2D eigenvalue weighted by molar-refractivity contribution is -0.142. The average molecular weight is 410 g/mol. The van der Waals surface area contributed by atoms with Crippen molar-refractivity contribution in [2.45, 2.75) is 13.5 Å². The predicted molar refractivity (Wildman–Crippen MR) is 111 cm³/mol. The highest BCUT2D eigenvalue weighted by molar-refractivity contribution is 8.26. The average Bonchev–Trinajstić information content (AvgIpc) is 3.22. The van der Waals surface area contributed by atoms with Crippen LogP contribution < -0.4 is 5.32 Å². The topological polar surface area (TPSA) is 81.4 Å². The van der Waals surface area contributed by atoms with Gasteiger partial charge >= 0.3 is 5.97 Å². The number of benzene rings is 1. The number of thioether (sulfide) groups is 1. The number of carbonyl (C=O) groups is 2. The summed E-state index contributed by atoms with van der Waals surface area (Å²) in [6, 6.07) is 9.47. The van der Waals surface area contributed by atoms with Crippen molar-refractivity contribution in [3.8, 4) is 11.1 Å². The normalized spacial score (nSPS) is 15.2. The van der Waals surface area contributed by atoms with Gasteiger partial charge in [-0.2, -0.15) is 0 Å². The van der Waals surface area contributed by atoms with Crippen molar-refractivity contribution in [1.82, 2.24) is 10.3 Å². The van der Waals surface area contributed by atoms with E-state index in [9.17, 15) is 9.59 Å². The van der Waals surface area contributed by atoms with Gasteiger partial charge in [0.2, 0.25) is 0 Å². The number of ether oxygens (including phenoxy) is 1. The molecule has 28 heavy (non-hydrogen) atoms. The Bertz CT molecular complexity index is 1130. The lowest BCUT2D eigenvalue weighted by Gasteiger charge is -2.05. The molecule has 140 valence electrons. The molecule has 2 aromatic heterocycles. The van der Waals surface area contributed by atoms with Crippen molar-refractivity contribution in [3.63, 3.8) is 0 Å². The Labute approximate surface area is 170 Å². The van der Waals surface area contributed by atoms with Gasteiger partial charge in [0.25, 0.3) is 5.91 Å². The summed E-state index contributed by atoms with van der Waals surface area (Å²) < 4.78 is 11.4. The molecule has 4 rings (SSSR count). The summed E-state index contributed by atoms with van der Waals surface area (Å²) in [5.74, 6) is 0.0143. The Kier molecular flexibility index (Phi) is 4.97. The minimum Gasteiger partial charge on any atom is -0.461 e. The van der Waals surface area contributed by atoms with E-state index in [1.165, 1.54) is 18.7 Å². The molecule has 0 bridgehead atoms. The monoisotopic (exact) mass is 410 g/mol. The fourth-order valence-electron chi connectivity index (χ4n) is 2.77. The third kappa shape index (κ3) is 3.83. The summed E-state index contributed by atoms with van der Waals surface area (Å²) in [6.45, 7) is 1.61. The molecule has 1 saturated heterocycles. The first kappa shape index (κ1) is 18.4. The maximum absolute atomic E-state index is 11.8. The molecule has 1 fully saturated rings. The second-order valence-corrected chi connectivity index (χ2v) is 7.80. The highest BCUT2D eigenvalue weighted by Crippen LogP contribution is 2.33. The fraction of sp³-hybridized carbons (Fsp3) is 0.100. The third-order valence-electron chi connectivity index (χ3n) is 4.06. The fourth-order valence-corrected chi connectivity index (χ4v) is 3.80. The summed E-state index contributed by atoms with van der Waals surface area (Å²) in [4.78, 5) is 27.6. The molecule has 0 atom stereocenters. The lowest BCUT2D eigenvalue weighted by atomic mass is 10.0. The van der Waals surface area contributed by atoms with E-state index in [1.807, 2.05) is 30.3 Å². The molecule has 3 aromatic rings. The highest BCUT2D eigenvalue weighted by Gasteiger charge is 2.22. The molecule has 0 saturated carbocycles. The van der Waals surface area contributed by atoms with Crippen LogP contribution in [0.25, 0.3) is 28.2 Å². The number of nitrogens with zero attached hydrogens (tertiary/aromatic N) is 1. The summed E-state index contributed by atoms with van der Waals surface area (Å²) in [6.07, 6.45) is 5.12. The van der Waals surface area contributed by atoms with E-state index in [-0.39, 0.29) is 18.5 Å². The minimum atomic E-state index is -0.315. The van der Waals surface area contributed by atoms with Crippen molar-refractivity contribution >= 4 is 57.2 Å². The molecule has 0 aliphatic carbocycles. The van der Waals surface area contributed by atoms with Gasteiger partial charge in [-0.25, -0.2) is 0 Å². The number of hydrogen-bond acceptors (Lipinski definition) is 7. The number of amides is 1. The van der Waals surface area contributed by atoms with E-state index >= 15 is 0 Å². The second kappa shape index (κ2) is 7.57. The van der Waals surface area contributed by atoms with Crippen LogP contribution in [0.3, 0.4) is 0 Å². The van der Waals surface area contributed by atoms with E-state index in [4.69, 9.17) is 21.4 Å². The number of aromatic nitrogens is 1. The van der Waals surface area contributed by atoms with Crippen molar-refractivity contribution in [2.75, 3.05) is 0 Å². The number of nitrogens with one attached hydrogen (secondary N) is 1. The van der Waals surface area contributed by atoms with Crippen LogP contribution in [-0.2, 0) is 20.9 Å². The molecule has 0 spiro atoms. The van der Waals surface area contributed by atoms with Gasteiger partial charge in [0.15, 0.2) is 0 Å². The van der Waals surface area contributed by atoms with Crippen LogP contribution in [0.15, 0.2) is 52.0 Å². The predicted octanol–water partition coefficient (Wildman–Crippen LogP) is 4.05. The first-order chi connectivity index (χ1) is 13.5. The molecule has 3 heterocycles.